The van der Waals surface area contributed by atoms with Gasteiger partial charge in [-0.25, -0.2) is 0 Å². The van der Waals surface area contributed by atoms with Crippen LogP contribution in [0.1, 0.15) is 72.1 Å². The third-order valence-corrected chi connectivity index (χ3v) is 4.45. The summed E-state index contributed by atoms with van der Waals surface area (Å²) in [5.41, 5.74) is -6.78. The molecular weight excluding hydrogens is 310 g/mol. The highest BCUT2D eigenvalue weighted by atomic mass is 19.4. The van der Waals surface area contributed by atoms with Gasteiger partial charge >= 0.3 is 12.4 Å². The number of halogens is 6. The SMILES string of the molecule is CC(C(F)(F)F)(C(F)(F)F)C1(O)CCCC1.CCCCCC. The van der Waals surface area contributed by atoms with E-state index < -0.39 is 36.2 Å². The van der Waals surface area contributed by atoms with Gasteiger partial charge in [-0.2, -0.15) is 26.3 Å². The molecule has 0 aliphatic heterocycles. The van der Waals surface area contributed by atoms with Crippen molar-refractivity contribution >= 4 is 0 Å². The summed E-state index contributed by atoms with van der Waals surface area (Å²) in [5.74, 6) is 0. The fourth-order valence-electron chi connectivity index (χ4n) is 2.65. The molecule has 0 aromatic carbocycles. The van der Waals surface area contributed by atoms with Gasteiger partial charge in [-0.1, -0.05) is 52.4 Å². The summed E-state index contributed by atoms with van der Waals surface area (Å²) in [5, 5.41) is 9.64. The van der Waals surface area contributed by atoms with Crippen molar-refractivity contribution in [1.82, 2.24) is 0 Å². The Balaban J connectivity index is 0.000000626. The lowest BCUT2D eigenvalue weighted by Gasteiger charge is -2.44. The Labute approximate surface area is 128 Å². The number of aliphatic hydroxyl groups is 1. The molecule has 0 atom stereocenters. The summed E-state index contributed by atoms with van der Waals surface area (Å²) < 4.78 is 75.7. The number of alkyl halides is 6. The van der Waals surface area contributed by atoms with E-state index in [2.05, 4.69) is 13.8 Å². The van der Waals surface area contributed by atoms with Crippen LogP contribution in [-0.2, 0) is 0 Å². The van der Waals surface area contributed by atoms with Gasteiger partial charge in [0.25, 0.3) is 0 Å². The average molecular weight is 336 g/mol. The highest BCUT2D eigenvalue weighted by Crippen LogP contribution is 2.60. The zero-order valence-electron chi connectivity index (χ0n) is 13.4. The molecule has 0 unspecified atom stereocenters. The van der Waals surface area contributed by atoms with E-state index >= 15 is 0 Å². The van der Waals surface area contributed by atoms with Crippen molar-refractivity contribution in [1.29, 1.82) is 0 Å². The third kappa shape index (κ3) is 4.52. The summed E-state index contributed by atoms with van der Waals surface area (Å²) >= 11 is 0. The summed E-state index contributed by atoms with van der Waals surface area (Å²) in [6.45, 7) is 4.50. The van der Waals surface area contributed by atoms with Crippen LogP contribution in [0, 0.1) is 5.41 Å². The minimum absolute atomic E-state index is 0.0400. The molecule has 0 spiro atoms. The lowest BCUT2D eigenvalue weighted by molar-refractivity contribution is -0.381. The van der Waals surface area contributed by atoms with Crippen molar-refractivity contribution in [2.24, 2.45) is 5.41 Å². The monoisotopic (exact) mass is 336 g/mol. The molecule has 0 heterocycles. The minimum Gasteiger partial charge on any atom is -0.389 e. The van der Waals surface area contributed by atoms with Gasteiger partial charge in [-0.05, 0) is 19.8 Å². The molecule has 0 saturated heterocycles. The highest BCUT2D eigenvalue weighted by molar-refractivity contribution is 5.07. The number of hydrogen-bond donors (Lipinski definition) is 1. The van der Waals surface area contributed by atoms with Crippen molar-refractivity contribution < 1.29 is 31.4 Å². The number of rotatable bonds is 4. The lowest BCUT2D eigenvalue weighted by Crippen LogP contribution is -2.61. The normalized spacial score (nSPS) is 18.8. The van der Waals surface area contributed by atoms with Crippen LogP contribution >= 0.6 is 0 Å². The number of hydrogen-bond acceptors (Lipinski definition) is 1. The number of unbranched alkanes of at least 4 members (excludes halogenated alkanes) is 3. The predicted octanol–water partition coefficient (Wildman–Crippen LogP) is 6.01. The summed E-state index contributed by atoms with van der Waals surface area (Å²) in [7, 11) is 0. The maximum atomic E-state index is 12.6. The molecule has 0 radical (unpaired) electrons. The Bertz CT molecular complexity index is 297. The Kier molecular flexibility index (Phi) is 7.72. The first kappa shape index (κ1) is 21.5. The molecule has 1 aliphatic rings. The molecule has 1 rings (SSSR count). The van der Waals surface area contributed by atoms with Crippen molar-refractivity contribution in [2.45, 2.75) is 90.1 Å². The zero-order valence-corrected chi connectivity index (χ0v) is 13.4. The molecule has 22 heavy (non-hydrogen) atoms. The molecule has 0 amide bonds. The molecule has 7 heteroatoms. The minimum atomic E-state index is -5.51. The molecular formula is C15H26F6O. The zero-order chi connectivity index (χ0) is 17.7. The average Bonchev–Trinajstić information content (AvgIpc) is 2.81. The summed E-state index contributed by atoms with van der Waals surface area (Å²) in [4.78, 5) is 0. The lowest BCUT2D eigenvalue weighted by atomic mass is 9.70. The Morgan fingerprint density at radius 2 is 1.14 bits per heavy atom. The van der Waals surface area contributed by atoms with E-state index in [0.717, 1.165) is 0 Å². The highest BCUT2D eigenvalue weighted by Gasteiger charge is 2.76. The van der Waals surface area contributed by atoms with Crippen LogP contribution in [0.3, 0.4) is 0 Å². The Hall–Kier alpha value is -0.460. The van der Waals surface area contributed by atoms with Gasteiger partial charge in [0.2, 0.25) is 0 Å². The maximum Gasteiger partial charge on any atom is 0.405 e. The quantitative estimate of drug-likeness (QED) is 0.492. The molecule has 1 N–H and O–H groups in total. The van der Waals surface area contributed by atoms with Crippen LogP contribution in [0.15, 0.2) is 0 Å². The van der Waals surface area contributed by atoms with Crippen LogP contribution in [0.25, 0.3) is 0 Å². The second-order valence-corrected chi connectivity index (χ2v) is 6.07. The summed E-state index contributed by atoms with van der Waals surface area (Å²) in [6.07, 6.45) is -6.06. The first-order valence-corrected chi connectivity index (χ1v) is 7.73. The van der Waals surface area contributed by atoms with Gasteiger partial charge < -0.3 is 5.11 Å². The van der Waals surface area contributed by atoms with E-state index in [1.54, 1.807) is 0 Å². The van der Waals surface area contributed by atoms with Gasteiger partial charge in [0.1, 0.15) is 0 Å². The van der Waals surface area contributed by atoms with E-state index in [1.807, 2.05) is 0 Å². The molecule has 1 aliphatic carbocycles. The second kappa shape index (κ2) is 7.88. The first-order chi connectivity index (χ1) is 9.87. The molecule has 0 bridgehead atoms. The van der Waals surface area contributed by atoms with Gasteiger partial charge in [0.15, 0.2) is 5.41 Å². The van der Waals surface area contributed by atoms with Crippen LogP contribution < -0.4 is 0 Å². The maximum absolute atomic E-state index is 12.6. The molecule has 1 nitrogen and oxygen atoms in total. The standard InChI is InChI=1S/C9H12F6O.C6H14/c1-6(8(10,11)12,9(13,14)15)7(16)4-2-3-5-7;1-3-5-6-4-2/h16H,2-5H2,1H3;3-6H2,1-2H3. The van der Waals surface area contributed by atoms with Gasteiger partial charge in [-0.15, -0.1) is 0 Å². The van der Waals surface area contributed by atoms with Crippen LogP contribution in [0.4, 0.5) is 26.3 Å². The van der Waals surface area contributed by atoms with Gasteiger partial charge in [-0.3, -0.25) is 0 Å². The molecule has 0 aromatic rings. The van der Waals surface area contributed by atoms with Crippen molar-refractivity contribution in [3.8, 4) is 0 Å². The smallest absolute Gasteiger partial charge is 0.389 e. The van der Waals surface area contributed by atoms with Gasteiger partial charge in [0, 0.05) is 0 Å². The molecule has 1 fully saturated rings. The molecule has 1 saturated carbocycles. The van der Waals surface area contributed by atoms with Crippen LogP contribution in [-0.4, -0.2) is 23.1 Å². The van der Waals surface area contributed by atoms with Crippen molar-refractivity contribution in [2.75, 3.05) is 0 Å². The van der Waals surface area contributed by atoms with Crippen LogP contribution in [0.5, 0.6) is 0 Å². The van der Waals surface area contributed by atoms with Gasteiger partial charge in [0.05, 0.1) is 5.60 Å². The van der Waals surface area contributed by atoms with Crippen molar-refractivity contribution in [3.05, 3.63) is 0 Å². The molecule has 134 valence electrons. The fraction of sp³-hybridized carbons (Fsp3) is 1.00. The molecule has 0 aromatic heterocycles. The van der Waals surface area contributed by atoms with E-state index in [-0.39, 0.29) is 19.8 Å². The Morgan fingerprint density at radius 3 is 1.36 bits per heavy atom. The second-order valence-electron chi connectivity index (χ2n) is 6.07. The van der Waals surface area contributed by atoms with E-state index in [0.29, 0.717) is 0 Å². The van der Waals surface area contributed by atoms with Crippen molar-refractivity contribution in [3.63, 3.8) is 0 Å². The fourth-order valence-corrected chi connectivity index (χ4v) is 2.65. The third-order valence-electron chi connectivity index (χ3n) is 4.45. The predicted molar refractivity (Wildman–Crippen MR) is 73.5 cm³/mol. The van der Waals surface area contributed by atoms with E-state index in [9.17, 15) is 31.4 Å². The van der Waals surface area contributed by atoms with E-state index in [1.165, 1.54) is 25.7 Å². The van der Waals surface area contributed by atoms with Crippen LogP contribution in [0.2, 0.25) is 0 Å². The summed E-state index contributed by atoms with van der Waals surface area (Å²) in [6, 6.07) is 0. The topological polar surface area (TPSA) is 20.2 Å². The first-order valence-electron chi connectivity index (χ1n) is 7.73. The largest absolute Gasteiger partial charge is 0.405 e. The van der Waals surface area contributed by atoms with E-state index in [4.69, 9.17) is 0 Å². The Morgan fingerprint density at radius 1 is 0.818 bits per heavy atom.